The second-order valence-electron chi connectivity index (χ2n) is 7.35. The number of aryl methyl sites for hydroxylation is 1. The molecule has 0 aliphatic heterocycles. The number of hydrogen-bond donors (Lipinski definition) is 6. The van der Waals surface area contributed by atoms with Gasteiger partial charge in [-0.2, -0.15) is 13.2 Å². The molecular formula is C21H28F3N7O5. The molecular weight excluding hydrogens is 487 g/mol. The summed E-state index contributed by atoms with van der Waals surface area (Å²) in [6.07, 6.45) is -3.52. The molecule has 1 amide bonds. The van der Waals surface area contributed by atoms with Crippen LogP contribution in [-0.4, -0.2) is 58.4 Å². The van der Waals surface area contributed by atoms with Crippen LogP contribution in [0.25, 0.3) is 0 Å². The smallest absolute Gasteiger partial charge is 0.475 e. The Kier molecular flexibility index (Phi) is 11.9. The number of carboxylic acid groups (broad SMARTS) is 1. The minimum atomic E-state index is -5.08. The van der Waals surface area contributed by atoms with E-state index in [1.165, 1.54) is 4.57 Å². The molecule has 198 valence electrons. The van der Waals surface area contributed by atoms with Crippen molar-refractivity contribution in [3.63, 3.8) is 0 Å². The number of aliphatic carboxylic acids is 1. The summed E-state index contributed by atoms with van der Waals surface area (Å²) in [6.45, 7) is 4.53. The van der Waals surface area contributed by atoms with Gasteiger partial charge in [0.25, 0.3) is 5.56 Å². The first-order valence-electron chi connectivity index (χ1n) is 10.5. The molecule has 0 spiro atoms. The summed E-state index contributed by atoms with van der Waals surface area (Å²) in [5.74, 6) is -3.01. The number of anilines is 1. The summed E-state index contributed by atoms with van der Waals surface area (Å²) in [5.41, 5.74) is 8.63. The van der Waals surface area contributed by atoms with Crippen molar-refractivity contribution in [2.24, 2.45) is 5.73 Å². The highest BCUT2D eigenvalue weighted by atomic mass is 19.4. The number of nitrogens with zero attached hydrogens (tertiary/aromatic N) is 2. The molecule has 1 heterocycles. The highest BCUT2D eigenvalue weighted by molar-refractivity contribution is 5.76. The first-order valence-corrected chi connectivity index (χ1v) is 10.5. The minimum absolute atomic E-state index is 0.125. The number of rotatable bonds is 10. The number of carbonyl (C=O) groups excluding carboxylic acids is 1. The van der Waals surface area contributed by atoms with Crippen LogP contribution in [0.1, 0.15) is 24.1 Å². The molecule has 0 saturated carbocycles. The molecule has 2 aromatic rings. The minimum Gasteiger partial charge on any atom is -0.475 e. The van der Waals surface area contributed by atoms with Gasteiger partial charge in [-0.1, -0.05) is 37.3 Å². The third-order valence-corrected chi connectivity index (χ3v) is 4.45. The number of nitrogens with two attached hydrogens (primary N) is 1. The number of guanidine groups is 1. The monoisotopic (exact) mass is 515 g/mol. The Bertz CT molecular complexity index is 1080. The Hall–Kier alpha value is -4.14. The van der Waals surface area contributed by atoms with Crippen molar-refractivity contribution >= 4 is 23.7 Å². The number of nitrogens with one attached hydrogen (secondary N) is 4. The Morgan fingerprint density at radius 2 is 1.89 bits per heavy atom. The van der Waals surface area contributed by atoms with Crippen LogP contribution in [0.15, 0.2) is 41.3 Å². The van der Waals surface area contributed by atoms with E-state index >= 15 is 0 Å². The highest BCUT2D eigenvalue weighted by Crippen LogP contribution is 2.14. The van der Waals surface area contributed by atoms with Crippen molar-refractivity contribution in [3.8, 4) is 0 Å². The number of halogens is 3. The number of amides is 1. The fraction of sp³-hybridized carbons (Fsp3) is 0.381. The van der Waals surface area contributed by atoms with E-state index in [4.69, 9.17) is 25.9 Å². The maximum atomic E-state index is 12.7. The molecule has 0 bridgehead atoms. The van der Waals surface area contributed by atoms with E-state index in [9.17, 15) is 22.8 Å². The molecule has 1 aromatic heterocycles. The number of carboxylic acids is 1. The van der Waals surface area contributed by atoms with Crippen LogP contribution in [0.2, 0.25) is 0 Å². The van der Waals surface area contributed by atoms with Gasteiger partial charge in [0.05, 0.1) is 6.61 Å². The lowest BCUT2D eigenvalue weighted by Gasteiger charge is -2.15. The molecule has 7 N–H and O–H groups in total. The predicted octanol–water partition coefficient (Wildman–Crippen LogP) is 0.931. The molecule has 1 atom stereocenters. The zero-order chi connectivity index (χ0) is 27.3. The SMILES string of the molecule is Cc1cnc(NCC(C)c2ccccc2)c(=O)n1CC(=O)NCCONC(=N)N.O=C(O)C(F)(F)F. The maximum Gasteiger partial charge on any atom is 0.490 e. The van der Waals surface area contributed by atoms with Gasteiger partial charge >= 0.3 is 12.1 Å². The standard InChI is InChI=1S/C19H27N7O3.C2HF3O2/c1-13(15-6-4-3-5-7-15)10-23-17-18(28)26(14(2)11-24-17)12-16(27)22-8-9-29-25-19(20)21;3-2(4,5)1(6)7/h3-7,11,13H,8-10,12H2,1-2H3,(H,22,27)(H,23,24)(H4,20,21,25);(H,6,7). The van der Waals surface area contributed by atoms with Gasteiger partial charge in [-0.15, -0.1) is 0 Å². The van der Waals surface area contributed by atoms with Gasteiger partial charge in [-0.05, 0) is 18.4 Å². The fourth-order valence-corrected chi connectivity index (χ4v) is 2.61. The Morgan fingerprint density at radius 1 is 1.28 bits per heavy atom. The van der Waals surface area contributed by atoms with Gasteiger partial charge in [0.15, 0.2) is 5.82 Å². The van der Waals surface area contributed by atoms with Crippen molar-refractivity contribution in [3.05, 3.63) is 58.1 Å². The van der Waals surface area contributed by atoms with Gasteiger partial charge in [0.2, 0.25) is 11.9 Å². The molecule has 0 saturated heterocycles. The lowest BCUT2D eigenvalue weighted by molar-refractivity contribution is -0.192. The van der Waals surface area contributed by atoms with E-state index in [0.717, 1.165) is 5.56 Å². The van der Waals surface area contributed by atoms with Gasteiger partial charge in [-0.25, -0.2) is 15.3 Å². The topological polar surface area (TPSA) is 184 Å². The molecule has 2 rings (SSSR count). The van der Waals surface area contributed by atoms with E-state index in [1.54, 1.807) is 13.1 Å². The molecule has 12 nitrogen and oxygen atoms in total. The zero-order valence-corrected chi connectivity index (χ0v) is 19.6. The molecule has 15 heteroatoms. The zero-order valence-electron chi connectivity index (χ0n) is 19.6. The summed E-state index contributed by atoms with van der Waals surface area (Å²) < 4.78 is 33.1. The van der Waals surface area contributed by atoms with Crippen LogP contribution in [-0.2, 0) is 21.0 Å². The van der Waals surface area contributed by atoms with Gasteiger partial charge < -0.3 is 21.5 Å². The lowest BCUT2D eigenvalue weighted by atomic mass is 10.0. The Morgan fingerprint density at radius 3 is 2.44 bits per heavy atom. The average molecular weight is 515 g/mol. The predicted molar refractivity (Wildman–Crippen MR) is 124 cm³/mol. The summed E-state index contributed by atoms with van der Waals surface area (Å²) in [4.78, 5) is 42.8. The molecule has 36 heavy (non-hydrogen) atoms. The second kappa shape index (κ2) is 14.3. The van der Waals surface area contributed by atoms with Crippen LogP contribution in [0, 0.1) is 12.3 Å². The third-order valence-electron chi connectivity index (χ3n) is 4.45. The van der Waals surface area contributed by atoms with Crippen molar-refractivity contribution < 1.29 is 32.7 Å². The van der Waals surface area contributed by atoms with E-state index in [2.05, 4.69) is 28.0 Å². The highest BCUT2D eigenvalue weighted by Gasteiger charge is 2.38. The quantitative estimate of drug-likeness (QED) is 0.116. The largest absolute Gasteiger partial charge is 0.490 e. The number of carbonyl (C=O) groups is 2. The molecule has 1 unspecified atom stereocenters. The van der Waals surface area contributed by atoms with Crippen LogP contribution >= 0.6 is 0 Å². The van der Waals surface area contributed by atoms with Gasteiger partial charge in [-0.3, -0.25) is 24.4 Å². The van der Waals surface area contributed by atoms with E-state index in [0.29, 0.717) is 12.2 Å². The average Bonchev–Trinajstić information content (AvgIpc) is 2.81. The Balaban J connectivity index is 0.000000809. The first-order chi connectivity index (χ1) is 16.8. The number of aromatic nitrogens is 2. The van der Waals surface area contributed by atoms with E-state index < -0.39 is 12.1 Å². The summed E-state index contributed by atoms with van der Waals surface area (Å²) in [5, 5.41) is 19.8. The lowest BCUT2D eigenvalue weighted by Crippen LogP contribution is -2.37. The molecule has 0 radical (unpaired) electrons. The summed E-state index contributed by atoms with van der Waals surface area (Å²) in [6, 6.07) is 9.98. The van der Waals surface area contributed by atoms with Crippen molar-refractivity contribution in [1.82, 2.24) is 20.3 Å². The van der Waals surface area contributed by atoms with Crippen LogP contribution in [0.4, 0.5) is 19.0 Å². The van der Waals surface area contributed by atoms with Gasteiger partial charge in [0.1, 0.15) is 6.54 Å². The number of hydrogen-bond acceptors (Lipinski definition) is 7. The molecule has 1 aromatic carbocycles. The number of benzene rings is 1. The fourth-order valence-electron chi connectivity index (χ4n) is 2.61. The van der Waals surface area contributed by atoms with Crippen molar-refractivity contribution in [2.75, 3.05) is 25.0 Å². The van der Waals surface area contributed by atoms with E-state index in [1.807, 2.05) is 30.3 Å². The molecule has 0 aliphatic rings. The van der Waals surface area contributed by atoms with Crippen LogP contribution in [0.5, 0.6) is 0 Å². The normalized spacial score (nSPS) is 11.5. The summed E-state index contributed by atoms with van der Waals surface area (Å²) >= 11 is 0. The number of hydroxylamine groups is 1. The van der Waals surface area contributed by atoms with Crippen LogP contribution < -0.4 is 27.4 Å². The van der Waals surface area contributed by atoms with E-state index in [-0.39, 0.29) is 48.9 Å². The number of alkyl halides is 3. The maximum absolute atomic E-state index is 12.7. The van der Waals surface area contributed by atoms with Crippen molar-refractivity contribution in [1.29, 1.82) is 5.41 Å². The van der Waals surface area contributed by atoms with Gasteiger partial charge in [0, 0.05) is 25.0 Å². The third kappa shape index (κ3) is 10.9. The first kappa shape index (κ1) is 29.9. The van der Waals surface area contributed by atoms with Crippen molar-refractivity contribution in [2.45, 2.75) is 32.5 Å². The van der Waals surface area contributed by atoms with Crippen LogP contribution in [0.3, 0.4) is 0 Å². The second-order valence-corrected chi connectivity index (χ2v) is 7.35. The summed E-state index contributed by atoms with van der Waals surface area (Å²) in [7, 11) is 0. The molecule has 0 fully saturated rings. The Labute approximate surface area is 204 Å². The molecule has 0 aliphatic carbocycles.